The summed E-state index contributed by atoms with van der Waals surface area (Å²) in [6, 6.07) is 8.98. The van der Waals surface area contributed by atoms with Gasteiger partial charge in [0.1, 0.15) is 6.33 Å². The molecule has 0 amide bonds. The number of aromatic nitrogens is 3. The smallest absolute Gasteiger partial charge is 0.163 e. The maximum atomic E-state index is 4.21. The molecule has 0 saturated carbocycles. The largest absolute Gasteiger partial charge is 0.311 e. The lowest BCUT2D eigenvalue weighted by atomic mass is 9.87. The fraction of sp³-hybridized carbons (Fsp3) is 0.467. The van der Waals surface area contributed by atoms with Crippen LogP contribution in [0.2, 0.25) is 0 Å². The molecule has 0 aliphatic carbocycles. The second kappa shape index (κ2) is 4.56. The van der Waals surface area contributed by atoms with Crippen molar-refractivity contribution < 1.29 is 0 Å². The van der Waals surface area contributed by atoms with E-state index in [1.54, 1.807) is 6.33 Å². The van der Waals surface area contributed by atoms with Gasteiger partial charge in [0.15, 0.2) is 5.82 Å². The standard InChI is InChI=1S/C15H21N3/c1-11(2)18-10-16-17-14(18)12-6-8-13(9-7-12)15(3,4)5/h6-11H,1-5H3. The van der Waals surface area contributed by atoms with Gasteiger partial charge in [0, 0.05) is 11.6 Å². The van der Waals surface area contributed by atoms with Crippen LogP contribution in [0.4, 0.5) is 0 Å². The van der Waals surface area contributed by atoms with Crippen molar-refractivity contribution in [2.75, 3.05) is 0 Å². The SMILES string of the molecule is CC(C)n1cnnc1-c1ccc(C(C)(C)C)cc1. The van der Waals surface area contributed by atoms with Gasteiger partial charge in [0.25, 0.3) is 0 Å². The molecule has 2 rings (SSSR count). The van der Waals surface area contributed by atoms with Crippen molar-refractivity contribution in [3.63, 3.8) is 0 Å². The first-order chi connectivity index (χ1) is 8.39. The second-order valence-electron chi connectivity index (χ2n) is 5.98. The van der Waals surface area contributed by atoms with Gasteiger partial charge in [-0.15, -0.1) is 10.2 Å². The van der Waals surface area contributed by atoms with Gasteiger partial charge in [-0.2, -0.15) is 0 Å². The summed E-state index contributed by atoms with van der Waals surface area (Å²) in [5.41, 5.74) is 2.64. The average molecular weight is 243 g/mol. The van der Waals surface area contributed by atoms with E-state index < -0.39 is 0 Å². The van der Waals surface area contributed by atoms with Crippen molar-refractivity contribution in [1.29, 1.82) is 0 Å². The third-order valence-electron chi connectivity index (χ3n) is 3.14. The van der Waals surface area contributed by atoms with E-state index in [0.717, 1.165) is 11.4 Å². The number of rotatable bonds is 2. The summed E-state index contributed by atoms with van der Waals surface area (Å²) in [4.78, 5) is 0. The molecule has 0 radical (unpaired) electrons. The molecule has 1 aromatic carbocycles. The molecule has 0 saturated heterocycles. The van der Waals surface area contributed by atoms with E-state index in [1.165, 1.54) is 5.56 Å². The first kappa shape index (κ1) is 12.8. The van der Waals surface area contributed by atoms with E-state index >= 15 is 0 Å². The fourth-order valence-corrected chi connectivity index (χ4v) is 1.95. The molecule has 1 heterocycles. The highest BCUT2D eigenvalue weighted by Crippen LogP contribution is 2.26. The lowest BCUT2D eigenvalue weighted by Crippen LogP contribution is -2.10. The minimum atomic E-state index is 0.185. The third-order valence-corrected chi connectivity index (χ3v) is 3.14. The van der Waals surface area contributed by atoms with Crippen LogP contribution < -0.4 is 0 Å². The molecule has 0 fully saturated rings. The molecular weight excluding hydrogens is 222 g/mol. The van der Waals surface area contributed by atoms with Crippen molar-refractivity contribution in [2.45, 2.75) is 46.1 Å². The highest BCUT2D eigenvalue weighted by molar-refractivity contribution is 5.56. The number of hydrogen-bond acceptors (Lipinski definition) is 2. The predicted octanol–water partition coefficient (Wildman–Crippen LogP) is 3.82. The Morgan fingerprint density at radius 1 is 1.06 bits per heavy atom. The molecule has 96 valence electrons. The van der Waals surface area contributed by atoms with Crippen LogP contribution in [0.3, 0.4) is 0 Å². The normalized spacial score (nSPS) is 12.1. The lowest BCUT2D eigenvalue weighted by molar-refractivity contribution is 0.590. The summed E-state index contributed by atoms with van der Waals surface area (Å²) in [7, 11) is 0. The van der Waals surface area contributed by atoms with E-state index in [2.05, 4.69) is 73.6 Å². The maximum Gasteiger partial charge on any atom is 0.163 e. The van der Waals surface area contributed by atoms with Crippen molar-refractivity contribution in [1.82, 2.24) is 14.8 Å². The summed E-state index contributed by atoms with van der Waals surface area (Å²) in [6.07, 6.45) is 1.79. The summed E-state index contributed by atoms with van der Waals surface area (Å²) >= 11 is 0. The molecule has 0 aliphatic rings. The van der Waals surface area contributed by atoms with E-state index in [1.807, 2.05) is 0 Å². The van der Waals surface area contributed by atoms with E-state index in [4.69, 9.17) is 0 Å². The van der Waals surface area contributed by atoms with Crippen LogP contribution in [0.25, 0.3) is 11.4 Å². The molecule has 18 heavy (non-hydrogen) atoms. The van der Waals surface area contributed by atoms with Gasteiger partial charge in [-0.25, -0.2) is 0 Å². The second-order valence-corrected chi connectivity index (χ2v) is 5.98. The topological polar surface area (TPSA) is 30.7 Å². The Bertz CT molecular complexity index is 515. The van der Waals surface area contributed by atoms with Gasteiger partial charge < -0.3 is 4.57 Å². The zero-order valence-electron chi connectivity index (χ0n) is 11.8. The van der Waals surface area contributed by atoms with Crippen LogP contribution in [0.15, 0.2) is 30.6 Å². The molecule has 1 aromatic heterocycles. The zero-order valence-corrected chi connectivity index (χ0v) is 11.8. The van der Waals surface area contributed by atoms with Crippen molar-refractivity contribution >= 4 is 0 Å². The molecule has 0 unspecified atom stereocenters. The quantitative estimate of drug-likeness (QED) is 0.802. The number of hydrogen-bond donors (Lipinski definition) is 0. The molecule has 0 bridgehead atoms. The molecule has 0 atom stereocenters. The third kappa shape index (κ3) is 2.45. The Hall–Kier alpha value is -1.64. The number of nitrogens with zero attached hydrogens (tertiary/aromatic N) is 3. The van der Waals surface area contributed by atoms with Crippen LogP contribution >= 0.6 is 0 Å². The molecule has 3 nitrogen and oxygen atoms in total. The van der Waals surface area contributed by atoms with Crippen molar-refractivity contribution in [3.8, 4) is 11.4 Å². The summed E-state index contributed by atoms with van der Waals surface area (Å²) in [6.45, 7) is 10.9. The minimum Gasteiger partial charge on any atom is -0.311 e. The molecule has 0 aliphatic heterocycles. The molecular formula is C15H21N3. The van der Waals surface area contributed by atoms with E-state index in [-0.39, 0.29) is 5.41 Å². The van der Waals surface area contributed by atoms with E-state index in [0.29, 0.717) is 6.04 Å². The van der Waals surface area contributed by atoms with Gasteiger partial charge >= 0.3 is 0 Å². The Morgan fingerprint density at radius 2 is 1.67 bits per heavy atom. The van der Waals surface area contributed by atoms with Gasteiger partial charge in [0.2, 0.25) is 0 Å². The van der Waals surface area contributed by atoms with Crippen molar-refractivity contribution in [3.05, 3.63) is 36.2 Å². The maximum absolute atomic E-state index is 4.21. The van der Waals surface area contributed by atoms with Gasteiger partial charge in [-0.05, 0) is 24.8 Å². The number of benzene rings is 1. The zero-order chi connectivity index (χ0) is 13.3. The minimum absolute atomic E-state index is 0.185. The molecule has 0 spiro atoms. The monoisotopic (exact) mass is 243 g/mol. The fourth-order valence-electron chi connectivity index (χ4n) is 1.95. The van der Waals surface area contributed by atoms with E-state index in [9.17, 15) is 0 Å². The first-order valence-corrected chi connectivity index (χ1v) is 6.40. The highest BCUT2D eigenvalue weighted by Gasteiger charge is 2.14. The summed E-state index contributed by atoms with van der Waals surface area (Å²) in [5, 5.41) is 8.22. The highest BCUT2D eigenvalue weighted by atomic mass is 15.3. The molecule has 0 N–H and O–H groups in total. The molecule has 2 aromatic rings. The Kier molecular flexibility index (Phi) is 3.24. The summed E-state index contributed by atoms with van der Waals surface area (Å²) in [5.74, 6) is 0.936. The average Bonchev–Trinajstić information content (AvgIpc) is 2.77. The van der Waals surface area contributed by atoms with Crippen molar-refractivity contribution in [2.24, 2.45) is 0 Å². The van der Waals surface area contributed by atoms with Crippen LogP contribution in [-0.2, 0) is 5.41 Å². The lowest BCUT2D eigenvalue weighted by Gasteiger charge is -2.19. The predicted molar refractivity (Wildman–Crippen MR) is 74.5 cm³/mol. The van der Waals surface area contributed by atoms with Crippen LogP contribution in [0, 0.1) is 0 Å². The van der Waals surface area contributed by atoms with Gasteiger partial charge in [-0.3, -0.25) is 0 Å². The Morgan fingerprint density at radius 3 is 2.17 bits per heavy atom. The van der Waals surface area contributed by atoms with Crippen LogP contribution in [-0.4, -0.2) is 14.8 Å². The van der Waals surface area contributed by atoms with Gasteiger partial charge in [-0.1, -0.05) is 45.0 Å². The first-order valence-electron chi connectivity index (χ1n) is 6.40. The van der Waals surface area contributed by atoms with Crippen LogP contribution in [0.5, 0.6) is 0 Å². The Balaban J connectivity index is 2.38. The van der Waals surface area contributed by atoms with Gasteiger partial charge in [0.05, 0.1) is 0 Å². The molecule has 3 heteroatoms. The summed E-state index contributed by atoms with van der Waals surface area (Å²) < 4.78 is 2.09. The van der Waals surface area contributed by atoms with Crippen LogP contribution in [0.1, 0.15) is 46.2 Å². The Labute approximate surface area is 109 Å².